The van der Waals surface area contributed by atoms with Crippen LogP contribution in [-0.4, -0.2) is 23.7 Å². The molecule has 1 aromatic carbocycles. The molecule has 0 saturated heterocycles. The molecule has 30 heavy (non-hydrogen) atoms. The van der Waals surface area contributed by atoms with Crippen LogP contribution >= 0.6 is 0 Å². The van der Waals surface area contributed by atoms with Crippen LogP contribution in [0.15, 0.2) is 51.5 Å². The molecule has 1 atom stereocenters. The molecule has 3 aromatic rings. The van der Waals surface area contributed by atoms with Crippen LogP contribution in [0.4, 0.5) is 0 Å². The van der Waals surface area contributed by atoms with E-state index in [1.807, 2.05) is 51.1 Å². The molecular weight excluding hydrogens is 386 g/mol. The molecule has 0 bridgehead atoms. The molecule has 160 valence electrons. The molecule has 1 unspecified atom stereocenters. The fraction of sp³-hybridized carbons (Fsp3) is 0.391. The zero-order valence-corrected chi connectivity index (χ0v) is 17.6. The summed E-state index contributed by atoms with van der Waals surface area (Å²) < 4.78 is 16.8. The molecule has 7 heteroatoms. The predicted molar refractivity (Wildman–Crippen MR) is 110 cm³/mol. The molecule has 0 aliphatic heterocycles. The Hall–Kier alpha value is -3.06. The Kier molecular flexibility index (Phi) is 7.68. The maximum atomic E-state index is 11.7. The van der Waals surface area contributed by atoms with E-state index in [9.17, 15) is 4.79 Å². The number of carbonyl (C=O) groups is 1. The van der Waals surface area contributed by atoms with Gasteiger partial charge in [0.2, 0.25) is 0 Å². The second kappa shape index (κ2) is 10.6. The first-order chi connectivity index (χ1) is 14.5. The number of furan rings is 1. The van der Waals surface area contributed by atoms with Gasteiger partial charge < -0.3 is 13.6 Å². The smallest absolute Gasteiger partial charge is 0.342 e. The molecule has 7 nitrogen and oxygen atoms in total. The van der Waals surface area contributed by atoms with Gasteiger partial charge in [-0.3, -0.25) is 4.89 Å². The summed E-state index contributed by atoms with van der Waals surface area (Å²) in [6.45, 7) is 6.17. The Balaban J connectivity index is 1.41. The van der Waals surface area contributed by atoms with Crippen LogP contribution in [-0.2, 0) is 27.4 Å². The van der Waals surface area contributed by atoms with Crippen molar-refractivity contribution in [3.8, 4) is 17.4 Å². The van der Waals surface area contributed by atoms with Crippen LogP contribution in [0.3, 0.4) is 0 Å². The highest BCUT2D eigenvalue weighted by Gasteiger charge is 2.13. The summed E-state index contributed by atoms with van der Waals surface area (Å²) in [5.74, 6) is 2.23. The molecule has 0 N–H and O–H groups in total. The minimum absolute atomic E-state index is 0.0943. The standard InChI is InChI=1S/C23H27NO6/c1-4-16(2)29-30-22(25)12-9-18-7-10-19(11-8-18)26-15-13-20-17(3)28-23(24-20)21-6-5-14-27-21/h5-8,10-11,14,16H,4,9,12-13,15H2,1-3H3. The van der Waals surface area contributed by atoms with Crippen LogP contribution in [0.1, 0.15) is 43.7 Å². The number of rotatable bonds is 11. The van der Waals surface area contributed by atoms with Crippen molar-refractivity contribution in [3.05, 3.63) is 59.7 Å². The van der Waals surface area contributed by atoms with Gasteiger partial charge in [0.15, 0.2) is 5.76 Å². The Bertz CT molecular complexity index is 914. The Labute approximate surface area is 175 Å². The quantitative estimate of drug-likeness (QED) is 0.320. The zero-order chi connectivity index (χ0) is 21.3. The molecule has 0 aliphatic rings. The van der Waals surface area contributed by atoms with E-state index in [1.54, 1.807) is 12.3 Å². The topological polar surface area (TPSA) is 83.9 Å². The largest absolute Gasteiger partial charge is 0.493 e. The fourth-order valence-electron chi connectivity index (χ4n) is 2.68. The molecule has 0 fully saturated rings. The average molecular weight is 413 g/mol. The summed E-state index contributed by atoms with van der Waals surface area (Å²) in [6, 6.07) is 11.3. The van der Waals surface area contributed by atoms with Crippen LogP contribution in [0, 0.1) is 6.92 Å². The Morgan fingerprint density at radius 3 is 2.67 bits per heavy atom. The molecule has 0 spiro atoms. The van der Waals surface area contributed by atoms with Crippen molar-refractivity contribution in [2.45, 2.75) is 52.6 Å². The minimum Gasteiger partial charge on any atom is -0.493 e. The maximum Gasteiger partial charge on any atom is 0.342 e. The summed E-state index contributed by atoms with van der Waals surface area (Å²) >= 11 is 0. The third kappa shape index (κ3) is 6.22. The number of nitrogens with zero attached hydrogens (tertiary/aromatic N) is 1. The molecule has 2 heterocycles. The van der Waals surface area contributed by atoms with Crippen molar-refractivity contribution >= 4 is 5.97 Å². The van der Waals surface area contributed by atoms with Crippen LogP contribution in [0.25, 0.3) is 11.7 Å². The van der Waals surface area contributed by atoms with E-state index >= 15 is 0 Å². The Morgan fingerprint density at radius 2 is 1.97 bits per heavy atom. The van der Waals surface area contributed by atoms with Crippen LogP contribution in [0.5, 0.6) is 5.75 Å². The van der Waals surface area contributed by atoms with Gasteiger partial charge in [0.25, 0.3) is 5.89 Å². The maximum absolute atomic E-state index is 11.7. The second-order valence-electron chi connectivity index (χ2n) is 7.01. The number of oxazole rings is 1. The van der Waals surface area contributed by atoms with E-state index in [4.69, 9.17) is 23.3 Å². The van der Waals surface area contributed by atoms with Crippen LogP contribution < -0.4 is 4.74 Å². The van der Waals surface area contributed by atoms with Crippen molar-refractivity contribution in [1.29, 1.82) is 0 Å². The third-order valence-electron chi connectivity index (χ3n) is 4.65. The lowest BCUT2D eigenvalue weighted by Gasteiger charge is -2.09. The van der Waals surface area contributed by atoms with Gasteiger partial charge in [0.05, 0.1) is 25.0 Å². The third-order valence-corrected chi connectivity index (χ3v) is 4.65. The van der Waals surface area contributed by atoms with Gasteiger partial charge in [0.1, 0.15) is 17.6 Å². The molecule has 2 aromatic heterocycles. The van der Waals surface area contributed by atoms with Crippen molar-refractivity contribution in [2.24, 2.45) is 0 Å². The van der Waals surface area contributed by atoms with Gasteiger partial charge in [-0.25, -0.2) is 9.78 Å². The summed E-state index contributed by atoms with van der Waals surface area (Å²) in [7, 11) is 0. The highest BCUT2D eigenvalue weighted by Crippen LogP contribution is 2.22. The van der Waals surface area contributed by atoms with Crippen molar-refractivity contribution in [1.82, 2.24) is 4.98 Å². The monoisotopic (exact) mass is 413 g/mol. The van der Waals surface area contributed by atoms with Gasteiger partial charge in [0, 0.05) is 6.42 Å². The highest BCUT2D eigenvalue weighted by molar-refractivity contribution is 5.69. The van der Waals surface area contributed by atoms with Crippen LogP contribution in [0.2, 0.25) is 0 Å². The SMILES string of the molecule is CCC(C)OOC(=O)CCc1ccc(OCCc2nc(-c3ccco3)oc2C)cc1. The first kappa shape index (κ1) is 21.6. The molecule has 0 radical (unpaired) electrons. The first-order valence-corrected chi connectivity index (χ1v) is 10.1. The van der Waals surface area contributed by atoms with Crippen molar-refractivity contribution < 1.29 is 28.1 Å². The van der Waals surface area contributed by atoms with Gasteiger partial charge in [-0.2, -0.15) is 4.89 Å². The fourth-order valence-corrected chi connectivity index (χ4v) is 2.68. The van der Waals surface area contributed by atoms with Gasteiger partial charge in [-0.05, 0) is 56.5 Å². The predicted octanol–water partition coefficient (Wildman–Crippen LogP) is 5.07. The average Bonchev–Trinajstić information content (AvgIpc) is 3.41. The molecule has 0 saturated carbocycles. The lowest BCUT2D eigenvalue weighted by Crippen LogP contribution is -2.13. The zero-order valence-electron chi connectivity index (χ0n) is 17.6. The Morgan fingerprint density at radius 1 is 1.17 bits per heavy atom. The van der Waals surface area contributed by atoms with E-state index in [0.29, 0.717) is 31.1 Å². The molecule has 3 rings (SSSR count). The van der Waals surface area contributed by atoms with E-state index in [2.05, 4.69) is 4.98 Å². The van der Waals surface area contributed by atoms with Crippen molar-refractivity contribution in [3.63, 3.8) is 0 Å². The lowest BCUT2D eigenvalue weighted by atomic mass is 10.1. The number of benzene rings is 1. The van der Waals surface area contributed by atoms with E-state index < -0.39 is 0 Å². The summed E-state index contributed by atoms with van der Waals surface area (Å²) in [6.07, 6.45) is 3.75. The summed E-state index contributed by atoms with van der Waals surface area (Å²) in [5.41, 5.74) is 1.87. The summed E-state index contributed by atoms with van der Waals surface area (Å²) in [5, 5.41) is 0. The molecule has 0 aliphatic carbocycles. The van der Waals surface area contributed by atoms with Crippen molar-refractivity contribution in [2.75, 3.05) is 6.61 Å². The van der Waals surface area contributed by atoms with Gasteiger partial charge >= 0.3 is 5.97 Å². The highest BCUT2D eigenvalue weighted by atomic mass is 17.2. The molecule has 0 amide bonds. The molecular formula is C23H27NO6. The minimum atomic E-state index is -0.368. The number of hydrogen-bond acceptors (Lipinski definition) is 7. The van der Waals surface area contributed by atoms with Gasteiger partial charge in [-0.15, -0.1) is 0 Å². The normalized spacial score (nSPS) is 12.0. The van der Waals surface area contributed by atoms with E-state index in [1.165, 1.54) is 0 Å². The number of aryl methyl sites for hydroxylation is 2. The number of ether oxygens (including phenoxy) is 1. The van der Waals surface area contributed by atoms with Gasteiger partial charge in [-0.1, -0.05) is 19.1 Å². The van der Waals surface area contributed by atoms with E-state index in [0.717, 1.165) is 29.2 Å². The van der Waals surface area contributed by atoms with E-state index in [-0.39, 0.29) is 18.5 Å². The summed E-state index contributed by atoms with van der Waals surface area (Å²) in [4.78, 5) is 25.9. The lowest BCUT2D eigenvalue weighted by molar-refractivity contribution is -0.294. The second-order valence-corrected chi connectivity index (χ2v) is 7.01. The first-order valence-electron chi connectivity index (χ1n) is 10.1. The number of aromatic nitrogens is 1. The number of hydrogen-bond donors (Lipinski definition) is 0. The number of carbonyl (C=O) groups excluding carboxylic acids is 1.